The van der Waals surface area contributed by atoms with Crippen LogP contribution in [0.1, 0.15) is 37.7 Å². The lowest BCUT2D eigenvalue weighted by Crippen LogP contribution is -1.99. The van der Waals surface area contributed by atoms with Gasteiger partial charge in [-0.3, -0.25) is 0 Å². The molecule has 0 spiro atoms. The van der Waals surface area contributed by atoms with Crippen LogP contribution in [-0.2, 0) is 12.8 Å². The van der Waals surface area contributed by atoms with Gasteiger partial charge in [0.2, 0.25) is 0 Å². The minimum absolute atomic E-state index is 0.581. The molecule has 0 saturated carbocycles. The summed E-state index contributed by atoms with van der Waals surface area (Å²) >= 11 is 3.63. The lowest BCUT2D eigenvalue weighted by atomic mass is 10.1. The molecule has 0 aliphatic carbocycles. The van der Waals surface area contributed by atoms with Crippen molar-refractivity contribution in [3.05, 3.63) is 27.6 Å². The monoisotopic (exact) mass is 295 g/mol. The van der Waals surface area contributed by atoms with Crippen molar-refractivity contribution in [2.24, 2.45) is 5.92 Å². The van der Waals surface area contributed by atoms with Crippen molar-refractivity contribution in [3.8, 4) is 0 Å². The van der Waals surface area contributed by atoms with Crippen molar-refractivity contribution in [1.82, 2.24) is 14.6 Å². The maximum Gasteiger partial charge on any atom is 0.157 e. The van der Waals surface area contributed by atoms with E-state index in [2.05, 4.69) is 59.8 Å². The minimum atomic E-state index is 0.581. The van der Waals surface area contributed by atoms with Gasteiger partial charge in [-0.25, -0.2) is 9.50 Å². The highest BCUT2D eigenvalue weighted by molar-refractivity contribution is 9.10. The molecule has 2 aromatic rings. The molecule has 4 heteroatoms. The Kier molecular flexibility index (Phi) is 3.52. The molecule has 0 aliphatic rings. The molecule has 3 nitrogen and oxygen atoms in total. The molecular formula is C13H18BrN3. The Balaban J connectivity index is 2.57. The van der Waals surface area contributed by atoms with Gasteiger partial charge in [-0.05, 0) is 52.4 Å². The first kappa shape index (κ1) is 12.6. The van der Waals surface area contributed by atoms with Gasteiger partial charge in [-0.15, -0.1) is 0 Å². The zero-order chi connectivity index (χ0) is 12.6. The van der Waals surface area contributed by atoms with Crippen molar-refractivity contribution in [2.45, 2.75) is 40.5 Å². The number of hydrogen-bond acceptors (Lipinski definition) is 2. The average molecular weight is 296 g/mol. The van der Waals surface area contributed by atoms with E-state index in [4.69, 9.17) is 0 Å². The Morgan fingerprint density at radius 2 is 2.12 bits per heavy atom. The molecule has 0 aliphatic heterocycles. The van der Waals surface area contributed by atoms with Crippen molar-refractivity contribution in [1.29, 1.82) is 0 Å². The molecule has 0 aromatic carbocycles. The topological polar surface area (TPSA) is 30.2 Å². The first-order valence-electron chi connectivity index (χ1n) is 6.06. The van der Waals surface area contributed by atoms with Crippen LogP contribution in [0.3, 0.4) is 0 Å². The van der Waals surface area contributed by atoms with E-state index in [1.165, 1.54) is 11.1 Å². The van der Waals surface area contributed by atoms with Gasteiger partial charge in [0.1, 0.15) is 4.60 Å². The van der Waals surface area contributed by atoms with Gasteiger partial charge >= 0.3 is 0 Å². The first-order valence-corrected chi connectivity index (χ1v) is 6.85. The summed E-state index contributed by atoms with van der Waals surface area (Å²) in [4.78, 5) is 4.57. The van der Waals surface area contributed by atoms with Gasteiger partial charge in [0, 0.05) is 6.42 Å². The lowest BCUT2D eigenvalue weighted by molar-refractivity contribution is 0.619. The number of aryl methyl sites for hydroxylation is 1. The molecular weight excluding hydrogens is 278 g/mol. The van der Waals surface area contributed by atoms with Gasteiger partial charge in [-0.1, -0.05) is 20.8 Å². The maximum absolute atomic E-state index is 4.57. The van der Waals surface area contributed by atoms with Gasteiger partial charge in [0.05, 0.1) is 0 Å². The molecule has 17 heavy (non-hydrogen) atoms. The largest absolute Gasteiger partial charge is 0.212 e. The summed E-state index contributed by atoms with van der Waals surface area (Å²) in [6.07, 6.45) is 1.93. The predicted octanol–water partition coefficient (Wildman–Crippen LogP) is 3.56. The Bertz CT molecular complexity index is 543. The molecule has 0 atom stereocenters. The Morgan fingerprint density at radius 1 is 1.41 bits per heavy atom. The summed E-state index contributed by atoms with van der Waals surface area (Å²) in [7, 11) is 0. The molecule has 0 bridgehead atoms. The average Bonchev–Trinajstić information content (AvgIpc) is 2.60. The van der Waals surface area contributed by atoms with Crippen LogP contribution in [0, 0.1) is 12.8 Å². The van der Waals surface area contributed by atoms with E-state index < -0.39 is 0 Å². The Labute approximate surface area is 110 Å². The zero-order valence-electron chi connectivity index (χ0n) is 10.8. The fourth-order valence-electron chi connectivity index (χ4n) is 2.05. The van der Waals surface area contributed by atoms with Crippen LogP contribution >= 0.6 is 15.9 Å². The van der Waals surface area contributed by atoms with Crippen molar-refractivity contribution < 1.29 is 0 Å². The second kappa shape index (κ2) is 4.77. The van der Waals surface area contributed by atoms with E-state index in [-0.39, 0.29) is 0 Å². The number of pyridine rings is 1. The van der Waals surface area contributed by atoms with Gasteiger partial charge in [0.15, 0.2) is 11.5 Å². The van der Waals surface area contributed by atoms with Crippen molar-refractivity contribution >= 4 is 21.6 Å². The molecule has 2 heterocycles. The lowest BCUT2D eigenvalue weighted by Gasteiger charge is -2.06. The molecule has 92 valence electrons. The molecule has 0 radical (unpaired) electrons. The van der Waals surface area contributed by atoms with Crippen LogP contribution in [0.2, 0.25) is 0 Å². The quantitative estimate of drug-likeness (QED) is 0.811. The number of halogens is 1. The molecule has 0 saturated heterocycles. The molecule has 2 rings (SSSR count). The van der Waals surface area contributed by atoms with E-state index in [1.54, 1.807) is 0 Å². The molecule has 0 amide bonds. The van der Waals surface area contributed by atoms with E-state index in [0.717, 1.165) is 28.9 Å². The normalized spacial score (nSPS) is 11.6. The van der Waals surface area contributed by atoms with Crippen molar-refractivity contribution in [2.75, 3.05) is 0 Å². The fourth-order valence-corrected chi connectivity index (χ4v) is 2.91. The summed E-state index contributed by atoms with van der Waals surface area (Å²) in [5.74, 6) is 1.51. The van der Waals surface area contributed by atoms with E-state index in [0.29, 0.717) is 5.92 Å². The smallest absolute Gasteiger partial charge is 0.157 e. The number of rotatable bonds is 3. The molecule has 0 fully saturated rings. The molecule has 2 aromatic heterocycles. The summed E-state index contributed by atoms with van der Waals surface area (Å²) in [6.45, 7) is 8.65. The third kappa shape index (κ3) is 2.37. The highest BCUT2D eigenvalue weighted by Crippen LogP contribution is 2.23. The third-order valence-electron chi connectivity index (χ3n) is 2.88. The van der Waals surface area contributed by atoms with E-state index in [1.807, 2.05) is 4.52 Å². The van der Waals surface area contributed by atoms with Gasteiger partial charge in [0.25, 0.3) is 0 Å². The fraction of sp³-hybridized carbons (Fsp3) is 0.538. The molecule has 0 unspecified atom stereocenters. The third-order valence-corrected chi connectivity index (χ3v) is 3.69. The first-order chi connectivity index (χ1) is 8.02. The second-order valence-electron chi connectivity index (χ2n) is 4.85. The number of hydrogen-bond donors (Lipinski definition) is 0. The highest BCUT2D eigenvalue weighted by Gasteiger charge is 2.12. The Hall–Kier alpha value is -0.900. The summed E-state index contributed by atoms with van der Waals surface area (Å²) in [5, 5.41) is 4.56. The van der Waals surface area contributed by atoms with Crippen molar-refractivity contribution in [3.63, 3.8) is 0 Å². The zero-order valence-corrected chi connectivity index (χ0v) is 12.4. The van der Waals surface area contributed by atoms with E-state index >= 15 is 0 Å². The second-order valence-corrected chi connectivity index (χ2v) is 5.60. The van der Waals surface area contributed by atoms with Crippen LogP contribution in [-0.4, -0.2) is 14.6 Å². The number of fused-ring (bicyclic) bond motifs is 1. The predicted molar refractivity (Wildman–Crippen MR) is 73.3 cm³/mol. The standard InChI is InChI=1S/C13H18BrN3/c1-5-10-9(4)7-12-15-11(6-8(2)3)16-17(12)13(10)14/h7-8H,5-6H2,1-4H3. The summed E-state index contributed by atoms with van der Waals surface area (Å²) in [6, 6.07) is 2.11. The summed E-state index contributed by atoms with van der Waals surface area (Å²) < 4.78 is 2.95. The number of aromatic nitrogens is 3. The van der Waals surface area contributed by atoms with Crippen LogP contribution in [0.15, 0.2) is 10.7 Å². The maximum atomic E-state index is 4.57. The molecule has 0 N–H and O–H groups in total. The van der Waals surface area contributed by atoms with Crippen LogP contribution < -0.4 is 0 Å². The number of nitrogens with zero attached hydrogens (tertiary/aromatic N) is 3. The van der Waals surface area contributed by atoms with Crippen LogP contribution in [0.4, 0.5) is 0 Å². The van der Waals surface area contributed by atoms with Crippen LogP contribution in [0.5, 0.6) is 0 Å². The van der Waals surface area contributed by atoms with Crippen LogP contribution in [0.25, 0.3) is 5.65 Å². The summed E-state index contributed by atoms with van der Waals surface area (Å²) in [5.41, 5.74) is 3.51. The van der Waals surface area contributed by atoms with Gasteiger partial charge < -0.3 is 0 Å². The SMILES string of the molecule is CCc1c(C)cc2nc(CC(C)C)nn2c1Br. The minimum Gasteiger partial charge on any atom is -0.212 e. The van der Waals surface area contributed by atoms with Gasteiger partial charge in [-0.2, -0.15) is 5.10 Å². The van der Waals surface area contributed by atoms with E-state index in [9.17, 15) is 0 Å². The Morgan fingerprint density at radius 3 is 2.71 bits per heavy atom. The highest BCUT2D eigenvalue weighted by atomic mass is 79.9.